The summed E-state index contributed by atoms with van der Waals surface area (Å²) in [5, 5.41) is 4.11. The zero-order valence-electron chi connectivity index (χ0n) is 16.3. The molecule has 0 saturated heterocycles. The maximum atomic E-state index is 14.2. The minimum atomic E-state index is -1.17. The lowest BCUT2D eigenvalue weighted by Crippen LogP contribution is -2.36. The van der Waals surface area contributed by atoms with E-state index in [4.69, 9.17) is 17.3 Å². The first-order valence-electron chi connectivity index (χ1n) is 9.74. The molecule has 1 heterocycles. The number of amides is 1. The highest BCUT2D eigenvalue weighted by Gasteiger charge is 2.32. The Balaban J connectivity index is 1.87. The van der Waals surface area contributed by atoms with Crippen molar-refractivity contribution in [3.05, 3.63) is 45.3 Å². The minimum Gasteiger partial charge on any atom is -0.352 e. The fraction of sp³-hybridized carbons (Fsp3) is 0.524. The highest BCUT2D eigenvalue weighted by Crippen LogP contribution is 2.35. The van der Waals surface area contributed by atoms with Crippen LogP contribution in [-0.2, 0) is 0 Å². The van der Waals surface area contributed by atoms with Crippen LogP contribution >= 0.6 is 11.6 Å². The van der Waals surface area contributed by atoms with Gasteiger partial charge in [-0.1, -0.05) is 11.6 Å². The van der Waals surface area contributed by atoms with Gasteiger partial charge >= 0.3 is 0 Å². The molecule has 0 aliphatic heterocycles. The van der Waals surface area contributed by atoms with Gasteiger partial charge < -0.3 is 15.6 Å². The Morgan fingerprint density at radius 3 is 2.86 bits per heavy atom. The van der Waals surface area contributed by atoms with Gasteiger partial charge in [0.15, 0.2) is 0 Å². The second-order valence-electron chi connectivity index (χ2n) is 8.08. The summed E-state index contributed by atoms with van der Waals surface area (Å²) >= 11 is 6.30. The van der Waals surface area contributed by atoms with E-state index in [0.29, 0.717) is 36.7 Å². The molecule has 5 nitrogen and oxygen atoms in total. The van der Waals surface area contributed by atoms with Crippen LogP contribution in [0.3, 0.4) is 0 Å². The van der Waals surface area contributed by atoms with Crippen molar-refractivity contribution >= 4 is 28.3 Å². The summed E-state index contributed by atoms with van der Waals surface area (Å²) in [4.78, 5) is 25.6. The topological polar surface area (TPSA) is 77.1 Å². The first kappa shape index (κ1) is 20.8. The van der Waals surface area contributed by atoms with Crippen molar-refractivity contribution in [2.75, 3.05) is 13.1 Å². The average Bonchev–Trinajstić information content (AvgIpc) is 2.65. The van der Waals surface area contributed by atoms with Gasteiger partial charge in [-0.3, -0.25) is 9.59 Å². The van der Waals surface area contributed by atoms with Crippen LogP contribution in [0.25, 0.3) is 10.8 Å². The van der Waals surface area contributed by atoms with Gasteiger partial charge in [0.05, 0.1) is 10.6 Å². The summed E-state index contributed by atoms with van der Waals surface area (Å²) in [6, 6.07) is 4.78. The van der Waals surface area contributed by atoms with Crippen LogP contribution in [0.1, 0.15) is 55.9 Å². The number of rotatable bonds is 5. The van der Waals surface area contributed by atoms with Crippen molar-refractivity contribution < 1.29 is 9.18 Å². The van der Waals surface area contributed by atoms with Crippen LogP contribution in [0.5, 0.6) is 0 Å². The number of fused-ring (bicyclic) bond motifs is 1. The lowest BCUT2D eigenvalue weighted by molar-refractivity contribution is 0.0839. The number of benzene rings is 1. The van der Waals surface area contributed by atoms with E-state index in [-0.39, 0.29) is 34.0 Å². The third-order valence-corrected chi connectivity index (χ3v) is 6.00. The van der Waals surface area contributed by atoms with E-state index in [1.807, 2.05) is 6.92 Å². The zero-order valence-corrected chi connectivity index (χ0v) is 17.1. The Hall–Kier alpha value is -1.92. The summed E-state index contributed by atoms with van der Waals surface area (Å²) in [7, 11) is 0. The van der Waals surface area contributed by atoms with Gasteiger partial charge in [-0.25, -0.2) is 4.39 Å². The SMILES string of the molecule is C[C@H](CN)n1ccc2c(C(=O)NCC3CCCC(C)(F)C3)c(Cl)ccc2c1=O. The Morgan fingerprint density at radius 2 is 2.18 bits per heavy atom. The number of carbonyl (C=O) groups is 1. The first-order chi connectivity index (χ1) is 13.2. The van der Waals surface area contributed by atoms with E-state index in [2.05, 4.69) is 5.32 Å². The lowest BCUT2D eigenvalue weighted by atomic mass is 9.80. The molecule has 0 spiro atoms. The Kier molecular flexibility index (Phi) is 6.10. The summed E-state index contributed by atoms with van der Waals surface area (Å²) < 4.78 is 15.8. The number of nitrogens with zero attached hydrogens (tertiary/aromatic N) is 1. The average molecular weight is 408 g/mol. The largest absolute Gasteiger partial charge is 0.352 e. The quantitative estimate of drug-likeness (QED) is 0.790. The number of hydrogen-bond donors (Lipinski definition) is 2. The molecule has 2 unspecified atom stereocenters. The molecule has 1 aromatic heterocycles. The molecular weight excluding hydrogens is 381 g/mol. The number of aromatic nitrogens is 1. The second kappa shape index (κ2) is 8.21. The second-order valence-corrected chi connectivity index (χ2v) is 8.49. The van der Waals surface area contributed by atoms with Crippen molar-refractivity contribution in [2.45, 2.75) is 51.2 Å². The van der Waals surface area contributed by atoms with Crippen LogP contribution in [0, 0.1) is 5.92 Å². The Morgan fingerprint density at radius 1 is 1.43 bits per heavy atom. The molecule has 3 rings (SSSR count). The molecule has 7 heteroatoms. The summed E-state index contributed by atoms with van der Waals surface area (Å²) in [6.45, 7) is 4.21. The van der Waals surface area contributed by atoms with Crippen molar-refractivity contribution in [1.82, 2.24) is 9.88 Å². The van der Waals surface area contributed by atoms with Crippen molar-refractivity contribution in [2.24, 2.45) is 11.7 Å². The molecule has 28 heavy (non-hydrogen) atoms. The lowest BCUT2D eigenvalue weighted by Gasteiger charge is -2.32. The Bertz CT molecular complexity index is 941. The third kappa shape index (κ3) is 4.23. The molecule has 1 aliphatic rings. The molecule has 2 aromatic rings. The molecule has 1 aromatic carbocycles. The highest BCUT2D eigenvalue weighted by molar-refractivity contribution is 6.35. The molecule has 152 valence electrons. The number of nitrogens with one attached hydrogen (secondary N) is 1. The van der Waals surface area contributed by atoms with E-state index >= 15 is 0 Å². The fourth-order valence-corrected chi connectivity index (χ4v) is 4.32. The maximum Gasteiger partial charge on any atom is 0.258 e. The standard InChI is InChI=1S/C21H27ClFN3O2/c1-13(11-24)26-9-7-15-16(20(26)28)5-6-17(22)18(15)19(27)25-12-14-4-3-8-21(2,23)10-14/h5-7,9,13-14H,3-4,8,10-12,24H2,1-2H3,(H,25,27)/t13-,14?,21?/m1/s1. The van der Waals surface area contributed by atoms with E-state index in [9.17, 15) is 14.0 Å². The molecule has 3 atom stereocenters. The minimum absolute atomic E-state index is 0.101. The zero-order chi connectivity index (χ0) is 20.5. The normalized spacial score (nSPS) is 23.5. The molecular formula is C21H27ClFN3O2. The van der Waals surface area contributed by atoms with E-state index in [0.717, 1.165) is 12.8 Å². The summed E-state index contributed by atoms with van der Waals surface area (Å²) in [5.41, 5.74) is 4.58. The molecule has 0 bridgehead atoms. The van der Waals surface area contributed by atoms with Gasteiger partial charge in [-0.05, 0) is 63.6 Å². The third-order valence-electron chi connectivity index (χ3n) is 5.68. The molecule has 3 N–H and O–H groups in total. The highest BCUT2D eigenvalue weighted by atomic mass is 35.5. The van der Waals surface area contributed by atoms with Crippen LogP contribution in [-0.4, -0.2) is 29.2 Å². The van der Waals surface area contributed by atoms with Gasteiger partial charge in [-0.2, -0.15) is 0 Å². The van der Waals surface area contributed by atoms with Gasteiger partial charge in [-0.15, -0.1) is 0 Å². The van der Waals surface area contributed by atoms with Gasteiger partial charge in [0.25, 0.3) is 11.5 Å². The number of halogens is 2. The Labute approximate surface area is 169 Å². The van der Waals surface area contributed by atoms with E-state index < -0.39 is 5.67 Å². The predicted molar refractivity (Wildman–Crippen MR) is 111 cm³/mol. The fourth-order valence-electron chi connectivity index (χ4n) is 4.07. The molecule has 1 fully saturated rings. The van der Waals surface area contributed by atoms with Crippen LogP contribution in [0.4, 0.5) is 4.39 Å². The number of nitrogens with two attached hydrogens (primary N) is 1. The van der Waals surface area contributed by atoms with E-state index in [1.54, 1.807) is 35.9 Å². The number of carbonyl (C=O) groups excluding carboxylic acids is 1. The summed E-state index contributed by atoms with van der Waals surface area (Å²) in [5.74, 6) is -0.241. The monoisotopic (exact) mass is 407 g/mol. The van der Waals surface area contributed by atoms with E-state index in [1.165, 1.54) is 0 Å². The van der Waals surface area contributed by atoms with Crippen molar-refractivity contribution in [1.29, 1.82) is 0 Å². The smallest absolute Gasteiger partial charge is 0.258 e. The molecule has 1 saturated carbocycles. The van der Waals surface area contributed by atoms with Gasteiger partial charge in [0, 0.05) is 36.1 Å². The van der Waals surface area contributed by atoms with Gasteiger partial charge in [0.2, 0.25) is 0 Å². The van der Waals surface area contributed by atoms with Crippen molar-refractivity contribution in [3.63, 3.8) is 0 Å². The first-order valence-corrected chi connectivity index (χ1v) is 10.1. The van der Waals surface area contributed by atoms with Gasteiger partial charge in [0.1, 0.15) is 5.67 Å². The number of hydrogen-bond acceptors (Lipinski definition) is 3. The van der Waals surface area contributed by atoms with Crippen molar-refractivity contribution in [3.8, 4) is 0 Å². The van der Waals surface area contributed by atoms with Crippen LogP contribution in [0.2, 0.25) is 5.02 Å². The maximum absolute atomic E-state index is 14.2. The van der Waals surface area contributed by atoms with Crippen LogP contribution < -0.4 is 16.6 Å². The number of alkyl halides is 1. The molecule has 1 aliphatic carbocycles. The predicted octanol–water partition coefficient (Wildman–Crippen LogP) is 3.82. The number of pyridine rings is 1. The molecule has 0 radical (unpaired) electrons. The summed E-state index contributed by atoms with van der Waals surface area (Å²) in [6.07, 6.45) is 4.37. The van der Waals surface area contributed by atoms with Crippen LogP contribution in [0.15, 0.2) is 29.2 Å². The molecule has 1 amide bonds.